The number of amides is 1. The lowest BCUT2D eigenvalue weighted by atomic mass is 10.1. The molecule has 0 aliphatic heterocycles. The number of nitrogen functional groups attached to an aromatic ring is 1. The zero-order chi connectivity index (χ0) is 20.9. The van der Waals surface area contributed by atoms with Gasteiger partial charge in [0.15, 0.2) is 0 Å². The first-order valence-electron chi connectivity index (χ1n) is 8.75. The minimum Gasteiger partial charge on any atom is -0.439 e. The smallest absolute Gasteiger partial charge is 0.416 e. The van der Waals surface area contributed by atoms with E-state index in [1.54, 1.807) is 24.3 Å². The van der Waals surface area contributed by atoms with Gasteiger partial charge in [-0.2, -0.15) is 13.2 Å². The summed E-state index contributed by atoms with van der Waals surface area (Å²) in [6.07, 6.45) is -2.23. The van der Waals surface area contributed by atoms with Crippen LogP contribution in [0.25, 0.3) is 0 Å². The number of hydrogen-bond acceptors (Lipinski definition) is 4. The molecule has 0 saturated heterocycles. The third-order valence-electron chi connectivity index (χ3n) is 4.04. The number of carbonyl (C=O) groups excluding carboxylic acids is 1. The van der Waals surface area contributed by atoms with Crippen molar-refractivity contribution in [1.29, 1.82) is 0 Å². The molecule has 5 nitrogen and oxygen atoms in total. The normalized spacial score (nSPS) is 11.1. The number of aromatic nitrogens is 1. The molecule has 3 N–H and O–H groups in total. The van der Waals surface area contributed by atoms with Gasteiger partial charge in [-0.3, -0.25) is 4.79 Å². The lowest BCUT2D eigenvalue weighted by molar-refractivity contribution is -0.137. The van der Waals surface area contributed by atoms with Gasteiger partial charge in [0.1, 0.15) is 5.75 Å². The molecule has 29 heavy (non-hydrogen) atoms. The van der Waals surface area contributed by atoms with Crippen molar-refractivity contribution in [2.45, 2.75) is 19.0 Å². The predicted molar refractivity (Wildman–Crippen MR) is 104 cm³/mol. The number of aryl methyl sites for hydroxylation is 1. The third kappa shape index (κ3) is 5.97. The quantitative estimate of drug-likeness (QED) is 0.606. The van der Waals surface area contributed by atoms with E-state index in [4.69, 9.17) is 10.5 Å². The van der Waals surface area contributed by atoms with Gasteiger partial charge in [0.2, 0.25) is 11.8 Å². The maximum Gasteiger partial charge on any atom is 0.416 e. The number of carbonyl (C=O) groups is 1. The summed E-state index contributed by atoms with van der Waals surface area (Å²) in [7, 11) is 0. The molecule has 0 bridgehead atoms. The van der Waals surface area contributed by atoms with Crippen LogP contribution in [0.15, 0.2) is 66.9 Å². The summed E-state index contributed by atoms with van der Waals surface area (Å²) in [4.78, 5) is 16.1. The van der Waals surface area contributed by atoms with Crippen molar-refractivity contribution >= 4 is 17.3 Å². The van der Waals surface area contributed by atoms with Gasteiger partial charge in [-0.1, -0.05) is 12.1 Å². The standard InChI is InChI=1S/C21H18F3N3O2/c22-21(23,24)15-4-7-17(8-5-15)27-19(28)11-3-14-1-9-18(10-2-14)29-20-12-6-16(25)13-26-20/h1-2,4-10,12-13H,3,11,25H2,(H,27,28). The van der Waals surface area contributed by atoms with Gasteiger partial charge < -0.3 is 15.8 Å². The van der Waals surface area contributed by atoms with Crippen molar-refractivity contribution in [2.24, 2.45) is 0 Å². The number of pyridine rings is 1. The Hall–Kier alpha value is -3.55. The maximum atomic E-state index is 12.6. The molecule has 0 aliphatic carbocycles. The summed E-state index contributed by atoms with van der Waals surface area (Å²) in [5.74, 6) is 0.735. The van der Waals surface area contributed by atoms with E-state index in [0.717, 1.165) is 17.7 Å². The van der Waals surface area contributed by atoms with Crippen LogP contribution in [0.3, 0.4) is 0 Å². The number of nitrogens with zero attached hydrogens (tertiary/aromatic N) is 1. The van der Waals surface area contributed by atoms with E-state index >= 15 is 0 Å². The number of anilines is 2. The molecule has 0 radical (unpaired) electrons. The molecule has 1 heterocycles. The number of halogens is 3. The molecule has 1 aromatic heterocycles. The largest absolute Gasteiger partial charge is 0.439 e. The Morgan fingerprint density at radius 2 is 1.69 bits per heavy atom. The molecule has 150 valence electrons. The minimum atomic E-state index is -4.40. The zero-order valence-corrected chi connectivity index (χ0v) is 15.2. The minimum absolute atomic E-state index is 0.195. The highest BCUT2D eigenvalue weighted by atomic mass is 19.4. The lowest BCUT2D eigenvalue weighted by Gasteiger charge is -2.09. The summed E-state index contributed by atoms with van der Waals surface area (Å²) in [5.41, 5.74) is 6.60. The van der Waals surface area contributed by atoms with E-state index < -0.39 is 11.7 Å². The van der Waals surface area contributed by atoms with Gasteiger partial charge >= 0.3 is 6.18 Å². The van der Waals surface area contributed by atoms with E-state index in [1.807, 2.05) is 12.1 Å². The van der Waals surface area contributed by atoms with Crippen LogP contribution in [0, 0.1) is 0 Å². The van der Waals surface area contributed by atoms with Crippen LogP contribution < -0.4 is 15.8 Å². The molecule has 0 atom stereocenters. The number of nitrogens with one attached hydrogen (secondary N) is 1. The molecule has 3 aromatic rings. The van der Waals surface area contributed by atoms with E-state index in [1.165, 1.54) is 18.3 Å². The Balaban J connectivity index is 1.49. The number of hydrogen-bond donors (Lipinski definition) is 2. The molecular weight excluding hydrogens is 383 g/mol. The predicted octanol–water partition coefficient (Wildman–Crippen LogP) is 5.05. The number of ether oxygens (including phenoxy) is 1. The van der Waals surface area contributed by atoms with E-state index in [9.17, 15) is 18.0 Å². The Morgan fingerprint density at radius 1 is 1.00 bits per heavy atom. The molecular formula is C21H18F3N3O2. The number of benzene rings is 2. The zero-order valence-electron chi connectivity index (χ0n) is 15.2. The third-order valence-corrected chi connectivity index (χ3v) is 4.04. The molecule has 0 fully saturated rings. The van der Waals surface area contributed by atoms with Gasteiger partial charge in [-0.25, -0.2) is 4.98 Å². The van der Waals surface area contributed by atoms with Crippen LogP contribution in [0.2, 0.25) is 0 Å². The van der Waals surface area contributed by atoms with Crippen LogP contribution in [-0.4, -0.2) is 10.9 Å². The molecule has 3 rings (SSSR count). The van der Waals surface area contributed by atoms with Gasteiger partial charge in [0, 0.05) is 18.2 Å². The molecule has 1 amide bonds. The second kappa shape index (κ2) is 8.64. The van der Waals surface area contributed by atoms with Crippen molar-refractivity contribution in [3.63, 3.8) is 0 Å². The van der Waals surface area contributed by atoms with Crippen LogP contribution in [0.4, 0.5) is 24.5 Å². The SMILES string of the molecule is Nc1ccc(Oc2ccc(CCC(=O)Nc3ccc(C(F)(F)F)cc3)cc2)nc1. The maximum absolute atomic E-state index is 12.6. The number of nitrogens with two attached hydrogens (primary N) is 1. The topological polar surface area (TPSA) is 77.2 Å². The number of rotatable bonds is 6. The molecule has 0 saturated carbocycles. The first-order valence-corrected chi connectivity index (χ1v) is 8.75. The molecule has 0 aliphatic rings. The van der Waals surface area contributed by atoms with Crippen molar-refractivity contribution in [2.75, 3.05) is 11.1 Å². The summed E-state index contributed by atoms with van der Waals surface area (Å²) in [5, 5.41) is 2.59. The van der Waals surface area contributed by atoms with Crippen LogP contribution in [0.1, 0.15) is 17.5 Å². The van der Waals surface area contributed by atoms with Gasteiger partial charge in [0.05, 0.1) is 17.4 Å². The van der Waals surface area contributed by atoms with E-state index in [-0.39, 0.29) is 12.3 Å². The van der Waals surface area contributed by atoms with Crippen molar-refractivity contribution in [1.82, 2.24) is 4.98 Å². The first-order chi connectivity index (χ1) is 13.8. The van der Waals surface area contributed by atoms with Crippen LogP contribution in [-0.2, 0) is 17.4 Å². The summed E-state index contributed by atoms with van der Waals surface area (Å²) in [6.45, 7) is 0. The fourth-order valence-corrected chi connectivity index (χ4v) is 2.52. The number of alkyl halides is 3. The Labute approximate surface area is 165 Å². The molecule has 8 heteroatoms. The van der Waals surface area contributed by atoms with Gasteiger partial charge in [0.25, 0.3) is 0 Å². The second-order valence-corrected chi connectivity index (χ2v) is 6.30. The monoisotopic (exact) mass is 401 g/mol. The van der Waals surface area contributed by atoms with E-state index in [2.05, 4.69) is 10.3 Å². The van der Waals surface area contributed by atoms with Crippen LogP contribution in [0.5, 0.6) is 11.6 Å². The Bertz CT molecular complexity index is 954. The van der Waals surface area contributed by atoms with Gasteiger partial charge in [-0.05, 0) is 54.4 Å². The average molecular weight is 401 g/mol. The first kappa shape index (κ1) is 20.2. The highest BCUT2D eigenvalue weighted by Crippen LogP contribution is 2.29. The Kier molecular flexibility index (Phi) is 6.01. The van der Waals surface area contributed by atoms with Crippen molar-refractivity contribution in [3.8, 4) is 11.6 Å². The highest BCUT2D eigenvalue weighted by Gasteiger charge is 2.29. The molecule has 2 aromatic carbocycles. The van der Waals surface area contributed by atoms with Crippen molar-refractivity contribution in [3.05, 3.63) is 78.0 Å². The van der Waals surface area contributed by atoms with Crippen LogP contribution >= 0.6 is 0 Å². The lowest BCUT2D eigenvalue weighted by Crippen LogP contribution is -2.12. The molecule has 0 spiro atoms. The summed E-state index contributed by atoms with van der Waals surface area (Å²) >= 11 is 0. The highest BCUT2D eigenvalue weighted by molar-refractivity contribution is 5.90. The molecule has 0 unspecified atom stereocenters. The average Bonchev–Trinajstić information content (AvgIpc) is 2.69. The fourth-order valence-electron chi connectivity index (χ4n) is 2.52. The fraction of sp³-hybridized carbons (Fsp3) is 0.143. The van der Waals surface area contributed by atoms with E-state index in [0.29, 0.717) is 29.4 Å². The Morgan fingerprint density at radius 3 is 2.28 bits per heavy atom. The van der Waals surface area contributed by atoms with Crippen molar-refractivity contribution < 1.29 is 22.7 Å². The summed E-state index contributed by atoms with van der Waals surface area (Å²) in [6, 6.07) is 14.9. The van der Waals surface area contributed by atoms with Gasteiger partial charge in [-0.15, -0.1) is 0 Å². The second-order valence-electron chi connectivity index (χ2n) is 6.30. The summed E-state index contributed by atoms with van der Waals surface area (Å²) < 4.78 is 43.3.